The van der Waals surface area contributed by atoms with Crippen molar-refractivity contribution in [2.75, 3.05) is 25.0 Å². The monoisotopic (exact) mass is 516 g/mol. The van der Waals surface area contributed by atoms with E-state index in [0.717, 1.165) is 11.6 Å². The van der Waals surface area contributed by atoms with Gasteiger partial charge in [-0.1, -0.05) is 12.1 Å². The third kappa shape index (κ3) is 8.24. The van der Waals surface area contributed by atoms with Gasteiger partial charge in [0.1, 0.15) is 22.9 Å². The molecule has 0 spiro atoms. The van der Waals surface area contributed by atoms with Gasteiger partial charge in [0.05, 0.1) is 24.4 Å². The predicted molar refractivity (Wildman–Crippen MR) is 133 cm³/mol. The zero-order chi connectivity index (χ0) is 27.0. The molecule has 3 aromatic rings. The Kier molecular flexibility index (Phi) is 9.12. The minimum absolute atomic E-state index is 0.0154. The van der Waals surface area contributed by atoms with E-state index in [9.17, 15) is 23.5 Å². The third-order valence-corrected chi connectivity index (χ3v) is 5.04. The smallest absolute Gasteiger partial charge is 0.408 e. The van der Waals surface area contributed by atoms with Crippen LogP contribution in [0.2, 0.25) is 0 Å². The van der Waals surface area contributed by atoms with Crippen molar-refractivity contribution in [3.8, 4) is 11.3 Å². The maximum absolute atomic E-state index is 14.9. The van der Waals surface area contributed by atoms with Gasteiger partial charge < -0.3 is 25.8 Å². The standard InChI is InChI=1S/C25H30F2N6O4/c1-25(2,3)37-24(36)32-18(14-34)13-29-23(35)19-10-20(27)21(16-11-30-31-12-16)33-22(19)28-8-7-15-5-4-6-17(26)9-15/h4-6,9-12,18,34H,7-8,13-14H2,1-3H3,(H,28,33)(H,29,35)(H,30,31)(H,32,36)/t18-/m0/s1. The van der Waals surface area contributed by atoms with Crippen LogP contribution < -0.4 is 16.0 Å². The number of benzene rings is 1. The Bertz CT molecular complexity index is 1210. The summed E-state index contributed by atoms with van der Waals surface area (Å²) >= 11 is 0. The highest BCUT2D eigenvalue weighted by atomic mass is 19.1. The highest BCUT2D eigenvalue weighted by Gasteiger charge is 2.22. The number of rotatable bonds is 10. The van der Waals surface area contributed by atoms with Crippen LogP contribution in [0.25, 0.3) is 11.3 Å². The molecule has 0 saturated carbocycles. The Morgan fingerprint density at radius 1 is 1.22 bits per heavy atom. The van der Waals surface area contributed by atoms with Crippen LogP contribution in [0.15, 0.2) is 42.7 Å². The lowest BCUT2D eigenvalue weighted by molar-refractivity contribution is 0.0480. The summed E-state index contributed by atoms with van der Waals surface area (Å²) in [6.45, 7) is 4.75. The van der Waals surface area contributed by atoms with Gasteiger partial charge in [-0.15, -0.1) is 0 Å². The van der Waals surface area contributed by atoms with E-state index < -0.39 is 36.1 Å². The second-order valence-corrected chi connectivity index (χ2v) is 9.24. The second-order valence-electron chi connectivity index (χ2n) is 9.24. The number of halogens is 2. The lowest BCUT2D eigenvalue weighted by atomic mass is 10.1. The van der Waals surface area contributed by atoms with Crippen LogP contribution in [0.3, 0.4) is 0 Å². The molecule has 5 N–H and O–H groups in total. The fraction of sp³-hybridized carbons (Fsp3) is 0.360. The molecule has 0 bridgehead atoms. The number of amides is 2. The minimum atomic E-state index is -0.841. The van der Waals surface area contributed by atoms with E-state index in [1.165, 1.54) is 24.5 Å². The Morgan fingerprint density at radius 3 is 2.65 bits per heavy atom. The van der Waals surface area contributed by atoms with Crippen molar-refractivity contribution >= 4 is 17.8 Å². The normalized spacial score (nSPS) is 12.1. The van der Waals surface area contributed by atoms with Crippen molar-refractivity contribution in [3.63, 3.8) is 0 Å². The Morgan fingerprint density at radius 2 is 2.00 bits per heavy atom. The number of H-pyrrole nitrogens is 1. The fourth-order valence-electron chi connectivity index (χ4n) is 3.34. The molecule has 0 fully saturated rings. The highest BCUT2D eigenvalue weighted by molar-refractivity contribution is 5.99. The SMILES string of the molecule is CC(C)(C)OC(=O)N[C@H](CO)CNC(=O)c1cc(F)c(-c2cn[nH]c2)nc1NCCc1cccc(F)c1. The van der Waals surface area contributed by atoms with E-state index in [2.05, 4.69) is 31.1 Å². The van der Waals surface area contributed by atoms with E-state index in [-0.39, 0.29) is 36.0 Å². The van der Waals surface area contributed by atoms with Crippen LogP contribution in [0, 0.1) is 11.6 Å². The molecule has 0 saturated heterocycles. The van der Waals surface area contributed by atoms with Crippen molar-refractivity contribution in [1.29, 1.82) is 0 Å². The summed E-state index contributed by atoms with van der Waals surface area (Å²) in [7, 11) is 0. The predicted octanol–water partition coefficient (Wildman–Crippen LogP) is 3.02. The molecule has 10 nitrogen and oxygen atoms in total. The van der Waals surface area contributed by atoms with Gasteiger partial charge in [-0.25, -0.2) is 18.6 Å². The van der Waals surface area contributed by atoms with Crippen LogP contribution in [0.1, 0.15) is 36.7 Å². The number of alkyl carbamates (subject to hydrolysis) is 1. The van der Waals surface area contributed by atoms with Crippen molar-refractivity contribution in [2.45, 2.75) is 38.8 Å². The molecular formula is C25H30F2N6O4. The molecule has 0 radical (unpaired) electrons. The summed E-state index contributed by atoms with van der Waals surface area (Å²) in [4.78, 5) is 29.3. The number of nitrogens with one attached hydrogen (secondary N) is 4. The Hall–Kier alpha value is -4.06. The van der Waals surface area contributed by atoms with Gasteiger partial charge in [0.25, 0.3) is 5.91 Å². The molecule has 2 aromatic heterocycles. The molecule has 3 rings (SSSR count). The van der Waals surface area contributed by atoms with Crippen LogP contribution in [-0.4, -0.2) is 63.6 Å². The van der Waals surface area contributed by atoms with Gasteiger partial charge in [-0.2, -0.15) is 5.10 Å². The first-order valence-corrected chi connectivity index (χ1v) is 11.6. The maximum atomic E-state index is 14.9. The summed E-state index contributed by atoms with van der Waals surface area (Å²) in [5.74, 6) is -1.68. The summed E-state index contributed by atoms with van der Waals surface area (Å²) < 4.78 is 33.6. The molecule has 0 unspecified atom stereocenters. The molecule has 0 aliphatic heterocycles. The number of carbonyl (C=O) groups excluding carboxylic acids is 2. The molecule has 37 heavy (non-hydrogen) atoms. The zero-order valence-corrected chi connectivity index (χ0v) is 20.8. The molecule has 0 aliphatic carbocycles. The van der Waals surface area contributed by atoms with Crippen molar-refractivity contribution in [3.05, 3.63) is 65.5 Å². The topological polar surface area (TPSA) is 141 Å². The molecule has 2 amide bonds. The average molecular weight is 517 g/mol. The largest absolute Gasteiger partial charge is 0.444 e. The van der Waals surface area contributed by atoms with Gasteiger partial charge in [-0.05, 0) is 51.0 Å². The quantitative estimate of drug-likeness (QED) is 0.279. The van der Waals surface area contributed by atoms with E-state index in [1.54, 1.807) is 32.9 Å². The number of hydrogen-bond acceptors (Lipinski definition) is 7. The maximum Gasteiger partial charge on any atom is 0.408 e. The van der Waals surface area contributed by atoms with Crippen molar-refractivity contribution < 1.29 is 28.2 Å². The first kappa shape index (κ1) is 27.5. The van der Waals surface area contributed by atoms with Crippen LogP contribution in [0.5, 0.6) is 0 Å². The van der Waals surface area contributed by atoms with Crippen LogP contribution >= 0.6 is 0 Å². The molecule has 2 heterocycles. The number of aliphatic hydroxyl groups excluding tert-OH is 1. The molecule has 1 aromatic carbocycles. The molecule has 198 valence electrons. The number of carbonyl (C=O) groups is 2. The summed E-state index contributed by atoms with van der Waals surface area (Å²) in [6.07, 6.45) is 2.54. The summed E-state index contributed by atoms with van der Waals surface area (Å²) in [5.41, 5.74) is 0.282. The minimum Gasteiger partial charge on any atom is -0.444 e. The van der Waals surface area contributed by atoms with Crippen LogP contribution in [-0.2, 0) is 11.2 Å². The number of pyridine rings is 1. The summed E-state index contributed by atoms with van der Waals surface area (Å²) in [6, 6.07) is 6.31. The molecule has 0 aliphatic rings. The number of aliphatic hydroxyl groups is 1. The number of nitrogens with zero attached hydrogens (tertiary/aromatic N) is 2. The van der Waals surface area contributed by atoms with Gasteiger partial charge in [-0.3, -0.25) is 9.89 Å². The number of anilines is 1. The van der Waals surface area contributed by atoms with Gasteiger partial charge in [0.15, 0.2) is 5.82 Å². The lowest BCUT2D eigenvalue weighted by Gasteiger charge is -2.23. The van der Waals surface area contributed by atoms with E-state index >= 15 is 0 Å². The number of aromatic amines is 1. The highest BCUT2D eigenvalue weighted by Crippen LogP contribution is 2.25. The van der Waals surface area contributed by atoms with Gasteiger partial charge in [0, 0.05) is 24.8 Å². The van der Waals surface area contributed by atoms with Crippen molar-refractivity contribution in [1.82, 2.24) is 25.8 Å². The fourth-order valence-corrected chi connectivity index (χ4v) is 3.34. The number of aromatic nitrogens is 3. The van der Waals surface area contributed by atoms with Gasteiger partial charge in [0.2, 0.25) is 0 Å². The average Bonchev–Trinajstić information content (AvgIpc) is 3.36. The summed E-state index contributed by atoms with van der Waals surface area (Å²) in [5, 5.41) is 24.1. The molecular weight excluding hydrogens is 486 g/mol. The van der Waals surface area contributed by atoms with Crippen molar-refractivity contribution in [2.24, 2.45) is 0 Å². The Labute approximate surface area is 212 Å². The molecule has 1 atom stereocenters. The first-order valence-electron chi connectivity index (χ1n) is 11.6. The van der Waals surface area contributed by atoms with E-state index in [1.807, 2.05) is 0 Å². The lowest BCUT2D eigenvalue weighted by Crippen LogP contribution is -2.47. The molecule has 12 heteroatoms. The van der Waals surface area contributed by atoms with E-state index in [0.29, 0.717) is 12.0 Å². The van der Waals surface area contributed by atoms with Gasteiger partial charge >= 0.3 is 6.09 Å². The Balaban J connectivity index is 1.75. The first-order chi connectivity index (χ1) is 17.6. The number of hydrogen-bond donors (Lipinski definition) is 5. The van der Waals surface area contributed by atoms with Crippen LogP contribution in [0.4, 0.5) is 19.4 Å². The van der Waals surface area contributed by atoms with E-state index in [4.69, 9.17) is 4.74 Å². The zero-order valence-electron chi connectivity index (χ0n) is 20.8. The number of ether oxygens (including phenoxy) is 1. The second kappa shape index (κ2) is 12.3. The third-order valence-electron chi connectivity index (χ3n) is 5.04.